The van der Waals surface area contributed by atoms with Crippen LogP contribution in [0.3, 0.4) is 0 Å². The highest BCUT2D eigenvalue weighted by Gasteiger charge is 2.23. The molecule has 0 aromatic heterocycles. The summed E-state index contributed by atoms with van der Waals surface area (Å²) in [5.41, 5.74) is 1.79. The van der Waals surface area contributed by atoms with Crippen LogP contribution in [0.4, 0.5) is 0 Å². The van der Waals surface area contributed by atoms with Crippen molar-refractivity contribution in [1.29, 1.82) is 0 Å². The Labute approximate surface area is 159 Å². The van der Waals surface area contributed by atoms with Gasteiger partial charge in [0, 0.05) is 16.2 Å². The van der Waals surface area contributed by atoms with Crippen molar-refractivity contribution in [3.05, 3.63) is 53.6 Å². The van der Waals surface area contributed by atoms with E-state index in [1.54, 1.807) is 12.1 Å². The van der Waals surface area contributed by atoms with Gasteiger partial charge < -0.3 is 14.8 Å². The van der Waals surface area contributed by atoms with Crippen LogP contribution in [0.25, 0.3) is 0 Å². The Morgan fingerprint density at radius 1 is 1.15 bits per heavy atom. The van der Waals surface area contributed by atoms with Crippen molar-refractivity contribution >= 4 is 17.7 Å². The van der Waals surface area contributed by atoms with Gasteiger partial charge in [-0.25, -0.2) is 0 Å². The number of rotatable bonds is 7. The van der Waals surface area contributed by atoms with Gasteiger partial charge in [0.15, 0.2) is 11.5 Å². The number of ether oxygens (including phenoxy) is 2. The molecule has 0 spiro atoms. The van der Waals surface area contributed by atoms with E-state index in [1.807, 2.05) is 36.9 Å². The quantitative estimate of drug-likeness (QED) is 0.756. The Morgan fingerprint density at radius 2 is 2.00 bits per heavy atom. The van der Waals surface area contributed by atoms with Crippen LogP contribution in [0.2, 0.25) is 0 Å². The minimum atomic E-state index is -0.0836. The molecule has 1 heterocycles. The van der Waals surface area contributed by atoms with Crippen LogP contribution in [0.1, 0.15) is 48.7 Å². The molecule has 138 valence electrons. The van der Waals surface area contributed by atoms with E-state index in [-0.39, 0.29) is 11.9 Å². The molecule has 0 fully saturated rings. The maximum absolute atomic E-state index is 12.8. The fraction of sp³-hybridized carbons (Fsp3) is 0.381. The van der Waals surface area contributed by atoms with Crippen molar-refractivity contribution < 1.29 is 14.3 Å². The van der Waals surface area contributed by atoms with E-state index in [4.69, 9.17) is 9.47 Å². The number of amides is 1. The predicted molar refractivity (Wildman–Crippen MR) is 105 cm³/mol. The van der Waals surface area contributed by atoms with Crippen LogP contribution in [0.5, 0.6) is 11.5 Å². The summed E-state index contributed by atoms with van der Waals surface area (Å²) in [6, 6.07) is 13.7. The van der Waals surface area contributed by atoms with Gasteiger partial charge in [-0.05, 0) is 49.6 Å². The van der Waals surface area contributed by atoms with E-state index < -0.39 is 0 Å². The number of benzene rings is 2. The van der Waals surface area contributed by atoms with Crippen molar-refractivity contribution in [2.75, 3.05) is 19.0 Å². The molecule has 0 unspecified atom stereocenters. The van der Waals surface area contributed by atoms with Gasteiger partial charge in [0.2, 0.25) is 0 Å². The first kappa shape index (κ1) is 18.6. The largest absolute Gasteiger partial charge is 0.490 e. The number of hydrogen-bond donors (Lipinski definition) is 1. The van der Waals surface area contributed by atoms with Gasteiger partial charge in [-0.2, -0.15) is 0 Å². The van der Waals surface area contributed by atoms with E-state index in [1.165, 1.54) is 10.5 Å². The highest BCUT2D eigenvalue weighted by Crippen LogP contribution is 2.36. The average Bonchev–Trinajstić information content (AvgIpc) is 2.67. The number of nitrogens with one attached hydrogen (secondary N) is 1. The predicted octanol–water partition coefficient (Wildman–Crippen LogP) is 4.84. The molecule has 1 N–H and O–H groups in total. The van der Waals surface area contributed by atoms with Crippen molar-refractivity contribution in [2.24, 2.45) is 0 Å². The highest BCUT2D eigenvalue weighted by atomic mass is 32.2. The molecule has 2 aromatic carbocycles. The molecule has 26 heavy (non-hydrogen) atoms. The van der Waals surface area contributed by atoms with Crippen LogP contribution in [-0.4, -0.2) is 24.9 Å². The molecule has 3 rings (SSSR count). The molecule has 0 aliphatic carbocycles. The standard InChI is InChI=1S/C21H25NO3S/c1-3-12-25-18-10-9-15(14-19(18)24-4-2)21(23)22-17-11-13-26-20-8-6-5-7-16(17)20/h5-10,14,17H,3-4,11-13H2,1-2H3,(H,22,23)/t17-/m1/s1. The molecule has 0 saturated heterocycles. The Balaban J connectivity index is 1.77. The Kier molecular flexibility index (Phi) is 6.45. The third-order valence-electron chi connectivity index (χ3n) is 4.23. The summed E-state index contributed by atoms with van der Waals surface area (Å²) in [6.45, 7) is 5.14. The number of thioether (sulfide) groups is 1. The summed E-state index contributed by atoms with van der Waals surface area (Å²) in [7, 11) is 0. The molecule has 1 aliphatic heterocycles. The molecule has 5 heteroatoms. The summed E-state index contributed by atoms with van der Waals surface area (Å²) in [5.74, 6) is 2.23. The molecular formula is C21H25NO3S. The second kappa shape index (κ2) is 8.99. The lowest BCUT2D eigenvalue weighted by atomic mass is 10.0. The van der Waals surface area contributed by atoms with E-state index in [9.17, 15) is 4.79 Å². The summed E-state index contributed by atoms with van der Waals surface area (Å²) in [6.07, 6.45) is 1.86. The molecule has 1 amide bonds. The monoisotopic (exact) mass is 371 g/mol. The molecule has 0 saturated carbocycles. The van der Waals surface area contributed by atoms with Crippen molar-refractivity contribution in [2.45, 2.75) is 37.6 Å². The van der Waals surface area contributed by atoms with Crippen LogP contribution in [-0.2, 0) is 0 Å². The first-order valence-electron chi connectivity index (χ1n) is 9.15. The van der Waals surface area contributed by atoms with Gasteiger partial charge >= 0.3 is 0 Å². The summed E-state index contributed by atoms with van der Waals surface area (Å²) >= 11 is 1.85. The molecule has 4 nitrogen and oxygen atoms in total. The third kappa shape index (κ3) is 4.33. The number of carbonyl (C=O) groups excluding carboxylic acids is 1. The number of carbonyl (C=O) groups is 1. The topological polar surface area (TPSA) is 47.6 Å². The average molecular weight is 372 g/mol. The van der Waals surface area contributed by atoms with E-state index >= 15 is 0 Å². The second-order valence-electron chi connectivity index (χ2n) is 6.14. The smallest absolute Gasteiger partial charge is 0.251 e. The van der Waals surface area contributed by atoms with Crippen molar-refractivity contribution in [3.8, 4) is 11.5 Å². The van der Waals surface area contributed by atoms with Crippen LogP contribution < -0.4 is 14.8 Å². The van der Waals surface area contributed by atoms with Gasteiger partial charge in [-0.1, -0.05) is 25.1 Å². The third-order valence-corrected chi connectivity index (χ3v) is 5.35. The second-order valence-corrected chi connectivity index (χ2v) is 7.28. The molecule has 2 aromatic rings. The molecular weight excluding hydrogens is 346 g/mol. The van der Waals surface area contributed by atoms with Crippen LogP contribution in [0.15, 0.2) is 47.4 Å². The number of fused-ring (bicyclic) bond motifs is 1. The zero-order valence-electron chi connectivity index (χ0n) is 15.3. The van der Waals surface area contributed by atoms with Gasteiger partial charge in [0.1, 0.15) is 0 Å². The lowest BCUT2D eigenvalue weighted by molar-refractivity contribution is 0.0934. The van der Waals surface area contributed by atoms with Gasteiger partial charge in [-0.3, -0.25) is 4.79 Å². The molecule has 0 radical (unpaired) electrons. The maximum Gasteiger partial charge on any atom is 0.251 e. The van der Waals surface area contributed by atoms with Crippen molar-refractivity contribution in [3.63, 3.8) is 0 Å². The van der Waals surface area contributed by atoms with Crippen molar-refractivity contribution in [1.82, 2.24) is 5.32 Å². The first-order chi connectivity index (χ1) is 12.7. The fourth-order valence-corrected chi connectivity index (χ4v) is 4.11. The lowest BCUT2D eigenvalue weighted by Gasteiger charge is -2.26. The molecule has 1 aliphatic rings. The van der Waals surface area contributed by atoms with Gasteiger partial charge in [-0.15, -0.1) is 11.8 Å². The van der Waals surface area contributed by atoms with E-state index in [0.717, 1.165) is 18.6 Å². The zero-order valence-corrected chi connectivity index (χ0v) is 16.1. The number of hydrogen-bond acceptors (Lipinski definition) is 4. The first-order valence-corrected chi connectivity index (χ1v) is 10.1. The molecule has 1 atom stereocenters. The maximum atomic E-state index is 12.8. The van der Waals surface area contributed by atoms with Gasteiger partial charge in [0.25, 0.3) is 5.91 Å². The summed E-state index contributed by atoms with van der Waals surface area (Å²) < 4.78 is 11.4. The Bertz CT molecular complexity index is 763. The summed E-state index contributed by atoms with van der Waals surface area (Å²) in [5, 5.41) is 3.17. The van der Waals surface area contributed by atoms with Gasteiger partial charge in [0.05, 0.1) is 19.3 Å². The Morgan fingerprint density at radius 3 is 2.81 bits per heavy atom. The van der Waals surface area contributed by atoms with Crippen LogP contribution in [0, 0.1) is 0 Å². The minimum absolute atomic E-state index is 0.0477. The highest BCUT2D eigenvalue weighted by molar-refractivity contribution is 7.99. The minimum Gasteiger partial charge on any atom is -0.490 e. The summed E-state index contributed by atoms with van der Waals surface area (Å²) in [4.78, 5) is 14.0. The van der Waals surface area contributed by atoms with E-state index in [0.29, 0.717) is 30.3 Å². The Hall–Kier alpha value is -2.14. The van der Waals surface area contributed by atoms with E-state index in [2.05, 4.69) is 24.4 Å². The SMILES string of the molecule is CCCOc1ccc(C(=O)N[C@@H]2CCSc3ccccc32)cc1OCC. The normalized spacial score (nSPS) is 15.8. The lowest BCUT2D eigenvalue weighted by Crippen LogP contribution is -2.30. The zero-order chi connectivity index (χ0) is 18.4. The van der Waals surface area contributed by atoms with Crippen LogP contribution >= 0.6 is 11.8 Å². The fourth-order valence-electron chi connectivity index (χ4n) is 2.98. The molecule has 0 bridgehead atoms.